The van der Waals surface area contributed by atoms with E-state index in [0.29, 0.717) is 33.7 Å². The molecule has 2 N–H and O–H groups in total. The molecule has 0 fully saturated rings. The van der Waals surface area contributed by atoms with Crippen molar-refractivity contribution in [2.75, 3.05) is 5.73 Å². The predicted octanol–water partition coefficient (Wildman–Crippen LogP) is 4.56. The van der Waals surface area contributed by atoms with Gasteiger partial charge in [0.2, 0.25) is 0 Å². The van der Waals surface area contributed by atoms with E-state index in [1.165, 1.54) is 6.33 Å². The molecule has 0 radical (unpaired) electrons. The Morgan fingerprint density at radius 3 is 2.48 bits per heavy atom. The Morgan fingerprint density at radius 2 is 1.71 bits per heavy atom. The Morgan fingerprint density at radius 1 is 1.00 bits per heavy atom. The number of anilines is 1. The lowest BCUT2D eigenvalue weighted by Crippen LogP contribution is -2.15. The zero-order chi connectivity index (χ0) is 22.0. The lowest BCUT2D eigenvalue weighted by atomic mass is 9.97. The van der Waals surface area contributed by atoms with Gasteiger partial charge < -0.3 is 10.2 Å². The van der Waals surface area contributed by atoms with Gasteiger partial charge in [0.05, 0.1) is 23.2 Å². The molecule has 2 aromatic carbocycles. The van der Waals surface area contributed by atoms with E-state index in [2.05, 4.69) is 15.1 Å². The van der Waals surface area contributed by atoms with E-state index in [0.717, 1.165) is 16.5 Å². The van der Waals surface area contributed by atoms with Crippen LogP contribution in [0.2, 0.25) is 0 Å². The third kappa shape index (κ3) is 3.54. The number of para-hydroxylation sites is 1. The number of fused-ring (bicyclic) bond motifs is 2. The van der Waals surface area contributed by atoms with Crippen molar-refractivity contribution < 1.29 is 4.42 Å². The fraction of sp³-hybridized carbons (Fsp3) is 0.167. The van der Waals surface area contributed by atoms with Gasteiger partial charge in [0.25, 0.3) is 0 Å². The Balaban J connectivity index is 0.00000112. The highest BCUT2D eigenvalue weighted by molar-refractivity contribution is 5.95. The number of aryl methyl sites for hydroxylation is 1. The zero-order valence-electron chi connectivity index (χ0n) is 17.7. The van der Waals surface area contributed by atoms with Gasteiger partial charge in [0.15, 0.2) is 5.65 Å². The molecule has 0 saturated carbocycles. The highest BCUT2D eigenvalue weighted by Crippen LogP contribution is 2.31. The van der Waals surface area contributed by atoms with Crippen LogP contribution in [0.4, 0.5) is 5.82 Å². The van der Waals surface area contributed by atoms with Crippen molar-refractivity contribution in [3.8, 4) is 11.1 Å². The normalized spacial score (nSPS) is 10.8. The summed E-state index contributed by atoms with van der Waals surface area (Å²) in [6.07, 6.45) is 1.40. The van der Waals surface area contributed by atoms with Crippen molar-refractivity contribution in [1.29, 1.82) is 0 Å². The van der Waals surface area contributed by atoms with E-state index in [1.807, 2.05) is 69.3 Å². The Kier molecular flexibility index (Phi) is 5.49. The topological polar surface area (TPSA) is 99.8 Å². The monoisotopic (exact) mass is 413 g/mol. The first-order chi connectivity index (χ1) is 15.1. The molecule has 5 aromatic rings. The molecule has 0 aliphatic rings. The average molecular weight is 413 g/mol. The summed E-state index contributed by atoms with van der Waals surface area (Å²) in [5.41, 5.74) is 9.74. The van der Waals surface area contributed by atoms with Crippen LogP contribution in [0, 0.1) is 6.92 Å². The number of hydrogen-bond donors (Lipinski definition) is 1. The average Bonchev–Trinajstić information content (AvgIpc) is 3.12. The van der Waals surface area contributed by atoms with Gasteiger partial charge in [-0.25, -0.2) is 19.4 Å². The van der Waals surface area contributed by atoms with Crippen LogP contribution in [0.25, 0.3) is 33.1 Å². The molecule has 0 amide bonds. The van der Waals surface area contributed by atoms with Crippen LogP contribution in [0.15, 0.2) is 70.1 Å². The number of hydrogen-bond acceptors (Lipinski definition) is 6. The molecule has 0 aliphatic heterocycles. The molecule has 0 atom stereocenters. The smallest absolute Gasteiger partial charge is 0.341 e. The first-order valence-corrected chi connectivity index (χ1v) is 10.2. The van der Waals surface area contributed by atoms with E-state index in [1.54, 1.807) is 10.7 Å². The third-order valence-corrected chi connectivity index (χ3v) is 5.01. The second-order valence-corrected chi connectivity index (χ2v) is 6.81. The molecule has 7 nitrogen and oxygen atoms in total. The second kappa shape index (κ2) is 8.39. The molecule has 3 heterocycles. The molecule has 0 bridgehead atoms. The highest BCUT2D eigenvalue weighted by atomic mass is 16.4. The maximum atomic E-state index is 13.0. The van der Waals surface area contributed by atoms with Crippen LogP contribution in [0.5, 0.6) is 0 Å². The first kappa shape index (κ1) is 20.3. The van der Waals surface area contributed by atoms with Crippen LogP contribution < -0.4 is 11.4 Å². The molecular formula is C24H23N5O2. The SMILES string of the molecule is CC.Cc1nn(Cc2c(-c3ccccc3)c3ccccc3oc2=O)c2ncnc(N)c12. The Labute approximate surface area is 179 Å². The number of aromatic nitrogens is 4. The molecule has 5 rings (SSSR count). The minimum absolute atomic E-state index is 0.207. The number of nitrogen functional groups attached to an aromatic ring is 1. The molecule has 0 unspecified atom stereocenters. The summed E-state index contributed by atoms with van der Waals surface area (Å²) in [7, 11) is 0. The van der Waals surface area contributed by atoms with Gasteiger partial charge in [-0.15, -0.1) is 0 Å². The molecule has 3 aromatic heterocycles. The summed E-state index contributed by atoms with van der Waals surface area (Å²) >= 11 is 0. The highest BCUT2D eigenvalue weighted by Gasteiger charge is 2.19. The molecule has 7 heteroatoms. The van der Waals surface area contributed by atoms with Crippen LogP contribution in [0.3, 0.4) is 0 Å². The quantitative estimate of drug-likeness (QED) is 0.435. The summed E-state index contributed by atoms with van der Waals surface area (Å²) in [4.78, 5) is 21.4. The lowest BCUT2D eigenvalue weighted by molar-refractivity contribution is 0.542. The van der Waals surface area contributed by atoms with Crippen molar-refractivity contribution in [1.82, 2.24) is 19.7 Å². The van der Waals surface area contributed by atoms with Gasteiger partial charge in [0.1, 0.15) is 17.7 Å². The van der Waals surface area contributed by atoms with Gasteiger partial charge in [-0.2, -0.15) is 5.10 Å². The predicted molar refractivity (Wildman–Crippen MR) is 123 cm³/mol. The van der Waals surface area contributed by atoms with E-state index in [4.69, 9.17) is 10.2 Å². The summed E-state index contributed by atoms with van der Waals surface area (Å²) in [5, 5.41) is 6.12. The fourth-order valence-electron chi connectivity index (χ4n) is 3.74. The minimum Gasteiger partial charge on any atom is -0.422 e. The van der Waals surface area contributed by atoms with Crippen LogP contribution >= 0.6 is 0 Å². The largest absolute Gasteiger partial charge is 0.422 e. The maximum absolute atomic E-state index is 13.0. The fourth-order valence-corrected chi connectivity index (χ4v) is 3.74. The number of nitrogens with two attached hydrogens (primary N) is 1. The minimum atomic E-state index is -0.397. The van der Waals surface area contributed by atoms with Crippen molar-refractivity contribution in [3.05, 3.63) is 82.6 Å². The van der Waals surface area contributed by atoms with E-state index in [9.17, 15) is 4.79 Å². The van der Waals surface area contributed by atoms with Gasteiger partial charge in [-0.1, -0.05) is 62.4 Å². The second-order valence-electron chi connectivity index (χ2n) is 6.81. The van der Waals surface area contributed by atoms with Gasteiger partial charge in [0, 0.05) is 10.9 Å². The molecule has 156 valence electrons. The molecule has 0 saturated heterocycles. The van der Waals surface area contributed by atoms with E-state index < -0.39 is 5.63 Å². The van der Waals surface area contributed by atoms with E-state index in [-0.39, 0.29) is 6.54 Å². The molecule has 0 aliphatic carbocycles. The number of nitrogens with zero attached hydrogens (tertiary/aromatic N) is 4. The summed E-state index contributed by atoms with van der Waals surface area (Å²) in [6, 6.07) is 17.3. The van der Waals surface area contributed by atoms with Gasteiger partial charge in [-0.05, 0) is 18.6 Å². The number of rotatable bonds is 3. The van der Waals surface area contributed by atoms with Crippen molar-refractivity contribution in [2.24, 2.45) is 0 Å². The summed E-state index contributed by atoms with van der Waals surface area (Å²) < 4.78 is 7.29. The van der Waals surface area contributed by atoms with Crippen molar-refractivity contribution in [3.63, 3.8) is 0 Å². The summed E-state index contributed by atoms with van der Waals surface area (Å²) in [6.45, 7) is 6.05. The zero-order valence-corrected chi connectivity index (χ0v) is 17.7. The summed E-state index contributed by atoms with van der Waals surface area (Å²) in [5.74, 6) is 0.368. The van der Waals surface area contributed by atoms with E-state index >= 15 is 0 Å². The molecular weight excluding hydrogens is 390 g/mol. The molecule has 0 spiro atoms. The lowest BCUT2D eigenvalue weighted by Gasteiger charge is -2.12. The van der Waals surface area contributed by atoms with Crippen molar-refractivity contribution >= 4 is 27.8 Å². The Bertz CT molecular complexity index is 1420. The number of benzene rings is 2. The Hall–Kier alpha value is -4.00. The standard InChI is InChI=1S/C22H17N5O2.C2H6/c1-13-18-20(23)24-12-25-21(18)27(26-13)11-16-19(14-7-3-2-4-8-14)15-9-5-6-10-17(15)29-22(16)28;1-2/h2-10,12H,11H2,1H3,(H2,23,24,25);1-2H3. The maximum Gasteiger partial charge on any atom is 0.341 e. The van der Waals surface area contributed by atoms with Crippen molar-refractivity contribution in [2.45, 2.75) is 27.3 Å². The van der Waals surface area contributed by atoms with Crippen LogP contribution in [-0.2, 0) is 6.54 Å². The van der Waals surface area contributed by atoms with Crippen LogP contribution in [0.1, 0.15) is 25.1 Å². The van der Waals surface area contributed by atoms with Gasteiger partial charge in [-0.3, -0.25) is 0 Å². The molecule has 31 heavy (non-hydrogen) atoms. The van der Waals surface area contributed by atoms with Gasteiger partial charge >= 0.3 is 5.63 Å². The first-order valence-electron chi connectivity index (χ1n) is 10.2. The third-order valence-electron chi connectivity index (χ3n) is 5.01. The van der Waals surface area contributed by atoms with Crippen LogP contribution in [-0.4, -0.2) is 19.7 Å².